The summed E-state index contributed by atoms with van der Waals surface area (Å²) in [5.41, 5.74) is 1.08. The van der Waals surface area contributed by atoms with Crippen molar-refractivity contribution in [3.8, 4) is 5.88 Å². The fourth-order valence-electron chi connectivity index (χ4n) is 3.90. The van der Waals surface area contributed by atoms with Crippen LogP contribution in [-0.4, -0.2) is 42.1 Å². The van der Waals surface area contributed by atoms with Crippen molar-refractivity contribution in [1.29, 1.82) is 0 Å². The molecule has 30 heavy (non-hydrogen) atoms. The third-order valence-corrected chi connectivity index (χ3v) is 6.04. The number of amides is 1. The molecular weight excluding hydrogens is 378 g/mol. The molecule has 1 heterocycles. The molecule has 0 spiro atoms. The number of hydrogen-bond donors (Lipinski definition) is 3. The van der Waals surface area contributed by atoms with Crippen LogP contribution in [0.5, 0.6) is 5.88 Å². The molecule has 3 N–H and O–H groups in total. The Morgan fingerprint density at radius 2 is 2.03 bits per heavy atom. The highest BCUT2D eigenvalue weighted by molar-refractivity contribution is 5.81. The first-order valence-corrected chi connectivity index (χ1v) is 11.6. The van der Waals surface area contributed by atoms with Crippen molar-refractivity contribution in [2.75, 3.05) is 13.2 Å². The molecule has 3 aliphatic carbocycles. The quantitative estimate of drug-likeness (QED) is 0.428. The number of carbonyl (C=O) groups is 1. The lowest BCUT2D eigenvalue weighted by molar-refractivity contribution is -0.126. The van der Waals surface area contributed by atoms with Crippen LogP contribution in [0, 0.1) is 11.8 Å². The molecule has 1 amide bonds. The molecule has 0 aromatic carbocycles. The van der Waals surface area contributed by atoms with Gasteiger partial charge in [-0.25, -0.2) is 9.98 Å². The molecule has 0 radical (unpaired) electrons. The SMILES string of the molecule is CCNC(=NCc1ccnc(OCC2CC2)c1)NC1CCCC(C(=O)NC2CC2)C1. The molecule has 2 unspecified atom stereocenters. The van der Waals surface area contributed by atoms with Crippen molar-refractivity contribution in [3.63, 3.8) is 0 Å². The Morgan fingerprint density at radius 3 is 2.80 bits per heavy atom. The Labute approximate surface area is 179 Å². The molecule has 3 fully saturated rings. The van der Waals surface area contributed by atoms with E-state index in [4.69, 9.17) is 9.73 Å². The summed E-state index contributed by atoms with van der Waals surface area (Å²) in [7, 11) is 0. The van der Waals surface area contributed by atoms with E-state index < -0.39 is 0 Å². The summed E-state index contributed by atoms with van der Waals surface area (Å²) in [5.74, 6) is 2.56. The summed E-state index contributed by atoms with van der Waals surface area (Å²) < 4.78 is 5.78. The molecule has 0 bridgehead atoms. The maximum Gasteiger partial charge on any atom is 0.223 e. The van der Waals surface area contributed by atoms with Gasteiger partial charge >= 0.3 is 0 Å². The van der Waals surface area contributed by atoms with Gasteiger partial charge < -0.3 is 20.7 Å². The number of pyridine rings is 1. The number of carbonyl (C=O) groups excluding carboxylic acids is 1. The van der Waals surface area contributed by atoms with Gasteiger partial charge in [0.15, 0.2) is 5.96 Å². The first-order chi connectivity index (χ1) is 14.7. The maximum atomic E-state index is 12.4. The topological polar surface area (TPSA) is 87.6 Å². The summed E-state index contributed by atoms with van der Waals surface area (Å²) in [4.78, 5) is 21.5. The predicted octanol–water partition coefficient (Wildman–Crippen LogP) is 2.76. The summed E-state index contributed by atoms with van der Waals surface area (Å²) in [6.07, 6.45) is 10.6. The first kappa shape index (κ1) is 20.9. The second kappa shape index (κ2) is 10.1. The normalized spacial score (nSPS) is 24.2. The fourth-order valence-corrected chi connectivity index (χ4v) is 3.90. The molecule has 1 aromatic heterocycles. The van der Waals surface area contributed by atoms with Gasteiger partial charge in [-0.15, -0.1) is 0 Å². The van der Waals surface area contributed by atoms with E-state index in [9.17, 15) is 4.79 Å². The van der Waals surface area contributed by atoms with Gasteiger partial charge in [0, 0.05) is 36.8 Å². The smallest absolute Gasteiger partial charge is 0.223 e. The zero-order chi connectivity index (χ0) is 20.8. The van der Waals surface area contributed by atoms with Crippen molar-refractivity contribution in [2.24, 2.45) is 16.8 Å². The van der Waals surface area contributed by atoms with Gasteiger partial charge in [0.2, 0.25) is 11.8 Å². The molecule has 7 nitrogen and oxygen atoms in total. The van der Waals surface area contributed by atoms with Gasteiger partial charge in [0.1, 0.15) is 0 Å². The predicted molar refractivity (Wildman–Crippen MR) is 117 cm³/mol. The van der Waals surface area contributed by atoms with Crippen LogP contribution in [0.3, 0.4) is 0 Å². The standard InChI is InChI=1S/C23H35N5O2/c1-2-24-23(26-14-17-10-11-25-21(12-17)30-15-16-6-7-16)28-20-5-3-4-18(13-20)22(29)27-19-8-9-19/h10-12,16,18-20H,2-9,13-15H2,1H3,(H,27,29)(H2,24,26,28). The van der Waals surface area contributed by atoms with Crippen molar-refractivity contribution in [3.05, 3.63) is 23.9 Å². The molecular formula is C23H35N5O2. The minimum absolute atomic E-state index is 0.117. The Balaban J connectivity index is 1.30. The van der Waals surface area contributed by atoms with Crippen LogP contribution in [0.2, 0.25) is 0 Å². The highest BCUT2D eigenvalue weighted by atomic mass is 16.5. The van der Waals surface area contributed by atoms with E-state index in [1.165, 1.54) is 12.8 Å². The molecule has 164 valence electrons. The average molecular weight is 414 g/mol. The molecule has 2 atom stereocenters. The largest absolute Gasteiger partial charge is 0.477 e. The number of hydrogen-bond acceptors (Lipinski definition) is 4. The molecule has 0 saturated heterocycles. The van der Waals surface area contributed by atoms with E-state index in [0.717, 1.165) is 63.2 Å². The number of aliphatic imine (C=N–C) groups is 1. The maximum absolute atomic E-state index is 12.4. The number of nitrogens with zero attached hydrogens (tertiary/aromatic N) is 2. The Kier molecular flexibility index (Phi) is 7.07. The summed E-state index contributed by atoms with van der Waals surface area (Å²) >= 11 is 0. The van der Waals surface area contributed by atoms with Gasteiger partial charge in [-0.05, 0) is 69.4 Å². The minimum atomic E-state index is 0.117. The van der Waals surface area contributed by atoms with Crippen LogP contribution >= 0.6 is 0 Å². The van der Waals surface area contributed by atoms with Crippen LogP contribution in [0.15, 0.2) is 23.3 Å². The number of guanidine groups is 1. The van der Waals surface area contributed by atoms with E-state index in [1.807, 2.05) is 12.1 Å². The monoisotopic (exact) mass is 413 g/mol. The van der Waals surface area contributed by atoms with Crippen LogP contribution in [0.1, 0.15) is 63.9 Å². The molecule has 3 aliphatic rings. The van der Waals surface area contributed by atoms with Gasteiger partial charge in [-0.2, -0.15) is 0 Å². The second-order valence-electron chi connectivity index (χ2n) is 8.94. The summed E-state index contributed by atoms with van der Waals surface area (Å²) in [6, 6.07) is 4.68. The van der Waals surface area contributed by atoms with Gasteiger partial charge in [-0.3, -0.25) is 4.79 Å². The van der Waals surface area contributed by atoms with Gasteiger partial charge in [0.05, 0.1) is 13.2 Å². The number of aromatic nitrogens is 1. The third-order valence-electron chi connectivity index (χ3n) is 6.04. The number of nitrogens with one attached hydrogen (secondary N) is 3. The summed E-state index contributed by atoms with van der Waals surface area (Å²) in [5, 5.41) is 10.1. The first-order valence-electron chi connectivity index (χ1n) is 11.6. The van der Waals surface area contributed by atoms with Crippen LogP contribution in [0.25, 0.3) is 0 Å². The van der Waals surface area contributed by atoms with Crippen LogP contribution < -0.4 is 20.7 Å². The highest BCUT2D eigenvalue weighted by Crippen LogP contribution is 2.29. The van der Waals surface area contributed by atoms with E-state index in [2.05, 4.69) is 27.9 Å². The lowest BCUT2D eigenvalue weighted by atomic mass is 9.85. The van der Waals surface area contributed by atoms with Gasteiger partial charge in [-0.1, -0.05) is 6.42 Å². The van der Waals surface area contributed by atoms with Crippen LogP contribution in [-0.2, 0) is 11.3 Å². The Hall–Kier alpha value is -2.31. The molecule has 1 aromatic rings. The molecule has 4 rings (SSSR count). The van der Waals surface area contributed by atoms with E-state index in [-0.39, 0.29) is 17.9 Å². The van der Waals surface area contributed by atoms with Crippen LogP contribution in [0.4, 0.5) is 0 Å². The van der Waals surface area contributed by atoms with Gasteiger partial charge in [0.25, 0.3) is 0 Å². The zero-order valence-electron chi connectivity index (χ0n) is 18.0. The third kappa shape index (κ3) is 6.61. The fraction of sp³-hybridized carbons (Fsp3) is 0.696. The molecule has 3 saturated carbocycles. The number of rotatable bonds is 9. The Morgan fingerprint density at radius 1 is 1.17 bits per heavy atom. The lowest BCUT2D eigenvalue weighted by Crippen LogP contribution is -2.47. The average Bonchev–Trinajstić information content (AvgIpc) is 3.67. The number of ether oxygens (including phenoxy) is 1. The lowest BCUT2D eigenvalue weighted by Gasteiger charge is -2.30. The molecule has 7 heteroatoms. The van der Waals surface area contributed by atoms with E-state index in [0.29, 0.717) is 24.4 Å². The van der Waals surface area contributed by atoms with E-state index >= 15 is 0 Å². The minimum Gasteiger partial charge on any atom is -0.477 e. The van der Waals surface area contributed by atoms with Crippen molar-refractivity contribution >= 4 is 11.9 Å². The second-order valence-corrected chi connectivity index (χ2v) is 8.94. The summed E-state index contributed by atoms with van der Waals surface area (Å²) in [6.45, 7) is 4.20. The Bertz CT molecular complexity index is 745. The van der Waals surface area contributed by atoms with Crippen molar-refractivity contribution in [1.82, 2.24) is 20.9 Å². The highest BCUT2D eigenvalue weighted by Gasteiger charge is 2.31. The molecule has 0 aliphatic heterocycles. The zero-order valence-corrected chi connectivity index (χ0v) is 18.0. The van der Waals surface area contributed by atoms with E-state index in [1.54, 1.807) is 6.20 Å². The van der Waals surface area contributed by atoms with Crippen molar-refractivity contribution in [2.45, 2.75) is 76.9 Å². The van der Waals surface area contributed by atoms with Crippen molar-refractivity contribution < 1.29 is 9.53 Å².